The third kappa shape index (κ3) is 8.07. The second kappa shape index (κ2) is 12.0. The molecule has 1 heterocycles. The molecule has 0 unspecified atom stereocenters. The fraction of sp³-hybridized carbons (Fsp3) is 0.647. The molecule has 1 N–H and O–H groups in total. The Bertz CT molecular complexity index is 446. The van der Waals surface area contributed by atoms with Crippen molar-refractivity contribution in [3.05, 3.63) is 23.4 Å². The number of esters is 1. The highest BCUT2D eigenvalue weighted by molar-refractivity contribution is 5.89. The Labute approximate surface area is 144 Å². The van der Waals surface area contributed by atoms with Crippen LogP contribution in [0.25, 0.3) is 0 Å². The van der Waals surface area contributed by atoms with E-state index in [1.54, 1.807) is 17.2 Å². The van der Waals surface area contributed by atoms with Gasteiger partial charge in [-0.05, 0) is 24.5 Å². The van der Waals surface area contributed by atoms with Crippen LogP contribution in [-0.2, 0) is 14.3 Å². The van der Waals surface area contributed by atoms with E-state index in [9.17, 15) is 14.7 Å². The van der Waals surface area contributed by atoms with Gasteiger partial charge < -0.3 is 14.7 Å². The summed E-state index contributed by atoms with van der Waals surface area (Å²) in [5.74, 6) is -1.12. The second-order valence-corrected chi connectivity index (χ2v) is 5.53. The SMILES string of the molecule is CCCCCCCC(=O)OCN1C=CC(CC)=C(C(=O)O)C1.Cl. The molecule has 1 aliphatic rings. The standard InChI is InChI=1S/C17H27NO4.ClH/c1-3-5-6-7-8-9-16(19)22-13-18-11-10-14(4-2)15(12-18)17(20)21;/h10-11H,3-9,12-13H2,1-2H3,(H,20,21);1H. The number of halogens is 1. The molecule has 23 heavy (non-hydrogen) atoms. The number of rotatable bonds is 10. The first-order chi connectivity index (χ1) is 10.6. The lowest BCUT2D eigenvalue weighted by atomic mass is 10.0. The summed E-state index contributed by atoms with van der Waals surface area (Å²) in [5, 5.41) is 9.20. The van der Waals surface area contributed by atoms with E-state index >= 15 is 0 Å². The second-order valence-electron chi connectivity index (χ2n) is 5.53. The molecular formula is C17H28ClNO4. The number of carbonyl (C=O) groups is 2. The van der Waals surface area contributed by atoms with Crippen molar-refractivity contribution >= 4 is 24.3 Å². The highest BCUT2D eigenvalue weighted by Gasteiger charge is 2.19. The Hall–Kier alpha value is -1.49. The van der Waals surface area contributed by atoms with Gasteiger partial charge in [0.1, 0.15) is 0 Å². The number of aliphatic carboxylic acids is 1. The highest BCUT2D eigenvalue weighted by Crippen LogP contribution is 2.18. The van der Waals surface area contributed by atoms with E-state index in [4.69, 9.17) is 4.74 Å². The monoisotopic (exact) mass is 345 g/mol. The van der Waals surface area contributed by atoms with Gasteiger partial charge >= 0.3 is 11.9 Å². The maximum atomic E-state index is 11.7. The number of carboxylic acids is 1. The van der Waals surface area contributed by atoms with Crippen molar-refractivity contribution in [2.75, 3.05) is 13.3 Å². The Morgan fingerprint density at radius 2 is 1.91 bits per heavy atom. The smallest absolute Gasteiger partial charge is 0.333 e. The molecule has 0 spiro atoms. The Kier molecular flexibility index (Phi) is 11.2. The van der Waals surface area contributed by atoms with Gasteiger partial charge in [0.2, 0.25) is 0 Å². The number of hydrogen-bond acceptors (Lipinski definition) is 4. The molecule has 0 saturated heterocycles. The molecule has 0 aromatic carbocycles. The summed E-state index contributed by atoms with van der Waals surface area (Å²) in [6, 6.07) is 0. The zero-order valence-electron chi connectivity index (χ0n) is 14.0. The van der Waals surface area contributed by atoms with Gasteiger partial charge in [-0.3, -0.25) is 4.79 Å². The Morgan fingerprint density at radius 1 is 1.22 bits per heavy atom. The fourth-order valence-electron chi connectivity index (χ4n) is 2.38. The van der Waals surface area contributed by atoms with Crippen LogP contribution in [0.5, 0.6) is 0 Å². The maximum absolute atomic E-state index is 11.7. The molecular weight excluding hydrogens is 318 g/mol. The first-order valence-corrected chi connectivity index (χ1v) is 8.11. The first kappa shape index (κ1) is 21.5. The van der Waals surface area contributed by atoms with Crippen molar-refractivity contribution in [1.82, 2.24) is 4.90 Å². The van der Waals surface area contributed by atoms with E-state index in [2.05, 4.69) is 6.92 Å². The summed E-state index contributed by atoms with van der Waals surface area (Å²) in [4.78, 5) is 24.6. The van der Waals surface area contributed by atoms with Gasteiger partial charge in [0.25, 0.3) is 0 Å². The largest absolute Gasteiger partial charge is 0.478 e. The van der Waals surface area contributed by atoms with Crippen LogP contribution in [0, 0.1) is 0 Å². The van der Waals surface area contributed by atoms with Crippen LogP contribution in [-0.4, -0.2) is 35.2 Å². The minimum absolute atomic E-state index is 0. The zero-order valence-corrected chi connectivity index (χ0v) is 14.9. The molecule has 6 heteroatoms. The van der Waals surface area contributed by atoms with Crippen LogP contribution in [0.1, 0.15) is 58.8 Å². The summed E-state index contributed by atoms with van der Waals surface area (Å²) in [6.07, 6.45) is 10.2. The number of ether oxygens (including phenoxy) is 1. The third-order valence-electron chi connectivity index (χ3n) is 3.75. The molecule has 0 amide bonds. The van der Waals surface area contributed by atoms with Crippen LogP contribution >= 0.6 is 12.4 Å². The van der Waals surface area contributed by atoms with Gasteiger partial charge in [0.15, 0.2) is 6.73 Å². The fourth-order valence-corrected chi connectivity index (χ4v) is 2.38. The lowest BCUT2D eigenvalue weighted by Crippen LogP contribution is -2.30. The lowest BCUT2D eigenvalue weighted by Gasteiger charge is -2.25. The predicted molar refractivity (Wildman–Crippen MR) is 92.4 cm³/mol. The van der Waals surface area contributed by atoms with Crippen LogP contribution < -0.4 is 0 Å². The van der Waals surface area contributed by atoms with Crippen LogP contribution in [0.15, 0.2) is 23.4 Å². The minimum atomic E-state index is -0.909. The van der Waals surface area contributed by atoms with Crippen molar-refractivity contribution in [2.24, 2.45) is 0 Å². The average molecular weight is 346 g/mol. The van der Waals surface area contributed by atoms with Gasteiger partial charge in [-0.15, -0.1) is 12.4 Å². The molecule has 1 aliphatic heterocycles. The van der Waals surface area contributed by atoms with Crippen LogP contribution in [0.4, 0.5) is 0 Å². The molecule has 0 saturated carbocycles. The first-order valence-electron chi connectivity index (χ1n) is 8.11. The molecule has 0 aromatic rings. The van der Waals surface area contributed by atoms with Crippen LogP contribution in [0.3, 0.4) is 0 Å². The summed E-state index contributed by atoms with van der Waals surface area (Å²) < 4.78 is 5.21. The normalized spacial score (nSPS) is 13.7. The summed E-state index contributed by atoms with van der Waals surface area (Å²) in [6.45, 7) is 4.47. The molecule has 0 aliphatic carbocycles. The number of carbonyl (C=O) groups excluding carboxylic acids is 1. The molecule has 1 rings (SSSR count). The summed E-state index contributed by atoms with van der Waals surface area (Å²) in [5.41, 5.74) is 1.20. The molecule has 0 radical (unpaired) electrons. The molecule has 0 atom stereocenters. The van der Waals surface area contributed by atoms with E-state index in [-0.39, 0.29) is 31.7 Å². The number of carboxylic acid groups (broad SMARTS) is 1. The van der Waals surface area contributed by atoms with Gasteiger partial charge in [0, 0.05) is 12.6 Å². The van der Waals surface area contributed by atoms with Crippen LogP contribution in [0.2, 0.25) is 0 Å². The quantitative estimate of drug-likeness (QED) is 0.480. The van der Waals surface area contributed by atoms with Gasteiger partial charge in [-0.25, -0.2) is 4.79 Å². The van der Waals surface area contributed by atoms with Crippen molar-refractivity contribution in [1.29, 1.82) is 0 Å². The highest BCUT2D eigenvalue weighted by atomic mass is 35.5. The zero-order chi connectivity index (χ0) is 16.4. The Morgan fingerprint density at radius 3 is 2.52 bits per heavy atom. The number of unbranched alkanes of at least 4 members (excludes halogenated alkanes) is 4. The summed E-state index contributed by atoms with van der Waals surface area (Å²) >= 11 is 0. The Balaban J connectivity index is 0.00000484. The molecule has 0 aromatic heterocycles. The lowest BCUT2D eigenvalue weighted by molar-refractivity contribution is -0.147. The van der Waals surface area contributed by atoms with Gasteiger partial charge in [-0.2, -0.15) is 0 Å². The third-order valence-corrected chi connectivity index (χ3v) is 3.75. The van der Waals surface area contributed by atoms with E-state index in [1.807, 2.05) is 6.92 Å². The molecule has 0 bridgehead atoms. The average Bonchev–Trinajstić information content (AvgIpc) is 2.52. The van der Waals surface area contributed by atoms with Crippen molar-refractivity contribution in [2.45, 2.75) is 58.8 Å². The molecule has 132 valence electrons. The minimum Gasteiger partial charge on any atom is -0.478 e. The van der Waals surface area contributed by atoms with Crippen molar-refractivity contribution < 1.29 is 19.4 Å². The van der Waals surface area contributed by atoms with Gasteiger partial charge in [0.05, 0.1) is 12.1 Å². The van der Waals surface area contributed by atoms with E-state index in [0.29, 0.717) is 18.4 Å². The topological polar surface area (TPSA) is 66.8 Å². The molecule has 0 fully saturated rings. The predicted octanol–water partition coefficient (Wildman–Crippen LogP) is 3.89. The van der Waals surface area contributed by atoms with Gasteiger partial charge in [-0.1, -0.05) is 39.5 Å². The van der Waals surface area contributed by atoms with E-state index < -0.39 is 5.97 Å². The van der Waals surface area contributed by atoms with E-state index in [0.717, 1.165) is 24.8 Å². The maximum Gasteiger partial charge on any atom is 0.333 e. The van der Waals surface area contributed by atoms with E-state index in [1.165, 1.54) is 12.8 Å². The summed E-state index contributed by atoms with van der Waals surface area (Å²) in [7, 11) is 0. The van der Waals surface area contributed by atoms with Crippen molar-refractivity contribution in [3.8, 4) is 0 Å². The number of nitrogens with zero attached hydrogens (tertiary/aromatic N) is 1. The van der Waals surface area contributed by atoms with Crippen molar-refractivity contribution in [3.63, 3.8) is 0 Å². The number of allylic oxidation sites excluding steroid dienone is 2. The molecule has 5 nitrogen and oxygen atoms in total. The number of hydrogen-bond donors (Lipinski definition) is 1.